The van der Waals surface area contributed by atoms with E-state index >= 15 is 0 Å². The van der Waals surface area contributed by atoms with Crippen molar-refractivity contribution in [1.82, 2.24) is 0 Å². The zero-order chi connectivity index (χ0) is 17.7. The summed E-state index contributed by atoms with van der Waals surface area (Å²) < 4.78 is 27.4. The summed E-state index contributed by atoms with van der Waals surface area (Å²) in [5, 5.41) is 9.31. The van der Waals surface area contributed by atoms with Gasteiger partial charge in [0.2, 0.25) is 0 Å². The Bertz CT molecular complexity index is 387. The minimum atomic E-state index is -3.62. The fourth-order valence-corrected chi connectivity index (χ4v) is 4.16. The van der Waals surface area contributed by atoms with Gasteiger partial charge < -0.3 is 18.9 Å². The first kappa shape index (κ1) is 22.1. The Labute approximate surface area is 138 Å². The maximum absolute atomic E-state index is 12.6. The summed E-state index contributed by atoms with van der Waals surface area (Å²) in [6.07, 6.45) is 4.61. The second-order valence-corrected chi connectivity index (χ2v) is 7.33. The average molecular weight is 352 g/mol. The molecule has 0 bridgehead atoms. The van der Waals surface area contributed by atoms with Crippen molar-refractivity contribution < 1.29 is 33.0 Å². The maximum atomic E-state index is 12.6. The van der Waals surface area contributed by atoms with E-state index in [0.29, 0.717) is 12.8 Å². The molecule has 0 radical (unpaired) electrons. The van der Waals surface area contributed by atoms with E-state index in [4.69, 9.17) is 9.05 Å². The summed E-state index contributed by atoms with van der Waals surface area (Å²) in [5.41, 5.74) is -1.13. The van der Waals surface area contributed by atoms with E-state index in [1.54, 1.807) is 13.8 Å². The Kier molecular flexibility index (Phi) is 12.0. The average Bonchev–Trinajstić information content (AvgIpc) is 2.49. The summed E-state index contributed by atoms with van der Waals surface area (Å²) in [6, 6.07) is 0. The van der Waals surface area contributed by atoms with Gasteiger partial charge in [-0.05, 0) is 26.7 Å². The van der Waals surface area contributed by atoms with E-state index in [2.05, 4.69) is 4.74 Å². The van der Waals surface area contributed by atoms with Crippen LogP contribution in [-0.2, 0) is 27.9 Å². The van der Waals surface area contributed by atoms with Gasteiger partial charge in [-0.25, -0.2) is 0 Å². The smallest absolute Gasteiger partial charge is 0.344 e. The predicted molar refractivity (Wildman–Crippen MR) is 86.6 cm³/mol. The molecule has 1 atom stereocenters. The van der Waals surface area contributed by atoms with Gasteiger partial charge in [-0.15, -0.1) is 0 Å². The number of carboxylic acid groups (broad SMARTS) is 1. The molecular weight excluding hydrogens is 323 g/mol. The van der Waals surface area contributed by atoms with Crippen LogP contribution >= 0.6 is 7.60 Å². The number of unbranched alkanes of at least 4 members (excludes halogenated alkanes) is 4. The van der Waals surface area contributed by atoms with Crippen LogP contribution in [0.2, 0.25) is 0 Å². The van der Waals surface area contributed by atoms with Gasteiger partial charge in [-0.1, -0.05) is 25.7 Å². The zero-order valence-electron chi connectivity index (χ0n) is 14.3. The van der Waals surface area contributed by atoms with E-state index in [-0.39, 0.29) is 25.6 Å². The Morgan fingerprint density at radius 3 is 2.00 bits per heavy atom. The van der Waals surface area contributed by atoms with Crippen LogP contribution in [0.5, 0.6) is 0 Å². The van der Waals surface area contributed by atoms with Crippen LogP contribution in [0, 0.1) is 0 Å². The lowest BCUT2D eigenvalue weighted by Crippen LogP contribution is -2.23. The first-order chi connectivity index (χ1) is 10.9. The lowest BCUT2D eigenvalue weighted by molar-refractivity contribution is -0.141. The summed E-state index contributed by atoms with van der Waals surface area (Å²) in [7, 11) is -2.26. The Morgan fingerprint density at radius 1 is 1.00 bits per heavy atom. The van der Waals surface area contributed by atoms with E-state index in [0.717, 1.165) is 25.7 Å². The molecule has 0 aromatic heterocycles. The molecule has 0 rings (SSSR count). The second-order valence-electron chi connectivity index (χ2n) is 5.11. The zero-order valence-corrected chi connectivity index (χ0v) is 15.2. The van der Waals surface area contributed by atoms with E-state index in [1.165, 1.54) is 7.11 Å². The highest BCUT2D eigenvalue weighted by Gasteiger charge is 2.40. The molecule has 0 heterocycles. The van der Waals surface area contributed by atoms with Crippen molar-refractivity contribution >= 4 is 19.5 Å². The molecule has 0 fully saturated rings. The second kappa shape index (κ2) is 12.5. The normalized spacial score (nSPS) is 12.8. The monoisotopic (exact) mass is 352 g/mol. The summed E-state index contributed by atoms with van der Waals surface area (Å²) >= 11 is 0. The van der Waals surface area contributed by atoms with Gasteiger partial charge in [0.05, 0.1) is 20.3 Å². The highest BCUT2D eigenvalue weighted by atomic mass is 31.2. The van der Waals surface area contributed by atoms with Crippen molar-refractivity contribution in [1.29, 1.82) is 0 Å². The number of carboxylic acids is 1. The molecule has 23 heavy (non-hydrogen) atoms. The number of hydrogen-bond acceptors (Lipinski definition) is 6. The molecule has 1 N–H and O–H groups in total. The SMILES string of the molecule is CCOP(=O)(OCC)C(CCCCCCCC(=O)OC)C(=O)O. The fraction of sp³-hybridized carbons (Fsp3) is 0.867. The highest BCUT2D eigenvalue weighted by Crippen LogP contribution is 2.54. The Hall–Kier alpha value is -0.910. The number of rotatable bonds is 14. The van der Waals surface area contributed by atoms with Crippen molar-refractivity contribution in [3.63, 3.8) is 0 Å². The van der Waals surface area contributed by atoms with Crippen molar-refractivity contribution in [2.45, 2.75) is 64.5 Å². The van der Waals surface area contributed by atoms with Gasteiger partial charge in [0, 0.05) is 6.42 Å². The third-order valence-electron chi connectivity index (χ3n) is 3.37. The van der Waals surface area contributed by atoms with Crippen molar-refractivity contribution in [2.75, 3.05) is 20.3 Å². The molecule has 7 nitrogen and oxygen atoms in total. The summed E-state index contributed by atoms with van der Waals surface area (Å²) in [4.78, 5) is 22.3. The lowest BCUT2D eigenvalue weighted by Gasteiger charge is -2.23. The van der Waals surface area contributed by atoms with E-state index in [9.17, 15) is 19.3 Å². The van der Waals surface area contributed by atoms with Gasteiger partial charge in [0.15, 0.2) is 5.66 Å². The maximum Gasteiger partial charge on any atom is 0.344 e. The number of esters is 1. The Balaban J connectivity index is 4.21. The number of hydrogen-bond donors (Lipinski definition) is 1. The topological polar surface area (TPSA) is 99.1 Å². The van der Waals surface area contributed by atoms with Crippen LogP contribution in [-0.4, -0.2) is 43.0 Å². The molecular formula is C15H29O7P. The largest absolute Gasteiger partial charge is 0.481 e. The van der Waals surface area contributed by atoms with Gasteiger partial charge in [-0.3, -0.25) is 14.2 Å². The first-order valence-electron chi connectivity index (χ1n) is 8.09. The molecule has 1 unspecified atom stereocenters. The Morgan fingerprint density at radius 2 is 1.52 bits per heavy atom. The quantitative estimate of drug-likeness (QED) is 0.289. The third kappa shape index (κ3) is 9.08. The number of carbonyl (C=O) groups excluding carboxylic acids is 1. The number of carbonyl (C=O) groups is 2. The van der Waals surface area contributed by atoms with Crippen LogP contribution in [0.25, 0.3) is 0 Å². The molecule has 0 saturated carbocycles. The molecule has 0 amide bonds. The van der Waals surface area contributed by atoms with Crippen molar-refractivity contribution in [2.24, 2.45) is 0 Å². The minimum absolute atomic E-state index is 0.147. The number of ether oxygens (including phenoxy) is 1. The highest BCUT2D eigenvalue weighted by molar-refractivity contribution is 7.55. The molecule has 0 aliphatic carbocycles. The van der Waals surface area contributed by atoms with E-state index in [1.807, 2.05) is 0 Å². The molecule has 0 aliphatic rings. The molecule has 0 saturated heterocycles. The van der Waals surface area contributed by atoms with Crippen LogP contribution < -0.4 is 0 Å². The third-order valence-corrected chi connectivity index (χ3v) is 5.85. The first-order valence-corrected chi connectivity index (χ1v) is 9.70. The van der Waals surface area contributed by atoms with Crippen LogP contribution in [0.1, 0.15) is 58.8 Å². The van der Waals surface area contributed by atoms with Gasteiger partial charge >= 0.3 is 19.5 Å². The number of methoxy groups -OCH3 is 1. The molecule has 0 aliphatic heterocycles. The van der Waals surface area contributed by atoms with Gasteiger partial charge in [-0.2, -0.15) is 0 Å². The molecule has 0 aromatic carbocycles. The predicted octanol–water partition coefficient (Wildman–Crippen LogP) is 3.61. The van der Waals surface area contributed by atoms with E-state index < -0.39 is 19.2 Å². The lowest BCUT2D eigenvalue weighted by atomic mass is 10.1. The van der Waals surface area contributed by atoms with Crippen molar-refractivity contribution in [3.8, 4) is 0 Å². The van der Waals surface area contributed by atoms with Gasteiger partial charge in [0.1, 0.15) is 0 Å². The van der Waals surface area contributed by atoms with Crippen LogP contribution in [0.4, 0.5) is 0 Å². The molecule has 8 heteroatoms. The fourth-order valence-electron chi connectivity index (χ4n) is 2.23. The van der Waals surface area contributed by atoms with Gasteiger partial charge in [0.25, 0.3) is 0 Å². The summed E-state index contributed by atoms with van der Waals surface area (Å²) in [5.74, 6) is -1.37. The minimum Gasteiger partial charge on any atom is -0.481 e. The van der Waals surface area contributed by atoms with Crippen LogP contribution in [0.3, 0.4) is 0 Å². The molecule has 0 spiro atoms. The molecule has 136 valence electrons. The molecule has 0 aromatic rings. The van der Waals surface area contributed by atoms with Crippen molar-refractivity contribution in [3.05, 3.63) is 0 Å². The standard InChI is InChI=1S/C15H29O7P/c1-4-21-23(19,22-5-2)13(15(17)18)11-9-7-6-8-10-12-14(16)20-3/h13H,4-12H2,1-3H3,(H,17,18). The van der Waals surface area contributed by atoms with Crippen LogP contribution in [0.15, 0.2) is 0 Å². The number of aliphatic carboxylic acids is 1. The summed E-state index contributed by atoms with van der Waals surface area (Å²) in [6.45, 7) is 3.61.